The Balaban J connectivity index is 2.00. The summed E-state index contributed by atoms with van der Waals surface area (Å²) in [4.78, 5) is 15.6. The summed E-state index contributed by atoms with van der Waals surface area (Å²) in [5.41, 5.74) is 2.96. The van der Waals surface area contributed by atoms with Crippen LogP contribution in [0.15, 0.2) is 36.4 Å². The first-order valence-corrected chi connectivity index (χ1v) is 7.77. The minimum Gasteiger partial charge on any atom is -0.493 e. The summed E-state index contributed by atoms with van der Waals surface area (Å²) >= 11 is 0. The fourth-order valence-electron chi connectivity index (χ4n) is 2.70. The van der Waals surface area contributed by atoms with Gasteiger partial charge in [0.05, 0.1) is 26.8 Å². The number of ether oxygens (including phenoxy) is 3. The summed E-state index contributed by atoms with van der Waals surface area (Å²) in [6.45, 7) is 2.00. The van der Waals surface area contributed by atoms with E-state index in [4.69, 9.17) is 14.2 Å². The lowest BCUT2D eigenvalue weighted by Gasteiger charge is -2.12. The summed E-state index contributed by atoms with van der Waals surface area (Å²) in [5.74, 6) is 1.27. The van der Waals surface area contributed by atoms with Crippen LogP contribution in [-0.4, -0.2) is 32.2 Å². The molecule has 0 radical (unpaired) electrons. The topological polar surface area (TPSA) is 72.6 Å². The Labute approximate surface area is 145 Å². The molecular weight excluding hydrogens is 320 g/mol. The quantitative estimate of drug-likeness (QED) is 0.742. The predicted octanol–water partition coefficient (Wildman–Crippen LogP) is 3.75. The maximum Gasteiger partial charge on any atom is 0.272 e. The highest BCUT2D eigenvalue weighted by Crippen LogP contribution is 2.43. The van der Waals surface area contributed by atoms with Crippen molar-refractivity contribution in [3.8, 4) is 17.2 Å². The van der Waals surface area contributed by atoms with E-state index < -0.39 is 0 Å². The summed E-state index contributed by atoms with van der Waals surface area (Å²) in [6, 6.07) is 11.2. The monoisotopic (exact) mass is 340 g/mol. The van der Waals surface area contributed by atoms with Crippen molar-refractivity contribution in [3.63, 3.8) is 0 Å². The van der Waals surface area contributed by atoms with E-state index in [0.29, 0.717) is 28.5 Å². The third kappa shape index (κ3) is 3.10. The van der Waals surface area contributed by atoms with Gasteiger partial charge in [-0.2, -0.15) is 0 Å². The summed E-state index contributed by atoms with van der Waals surface area (Å²) in [5, 5.41) is 3.66. The van der Waals surface area contributed by atoms with Gasteiger partial charge in [-0.1, -0.05) is 17.7 Å². The Morgan fingerprint density at radius 2 is 1.64 bits per heavy atom. The van der Waals surface area contributed by atoms with Gasteiger partial charge in [-0.15, -0.1) is 0 Å². The van der Waals surface area contributed by atoms with Crippen LogP contribution < -0.4 is 19.5 Å². The second kappa shape index (κ2) is 6.76. The third-order valence-corrected chi connectivity index (χ3v) is 3.97. The van der Waals surface area contributed by atoms with Gasteiger partial charge in [0.2, 0.25) is 5.75 Å². The van der Waals surface area contributed by atoms with Crippen molar-refractivity contribution in [1.29, 1.82) is 0 Å². The van der Waals surface area contributed by atoms with Gasteiger partial charge >= 0.3 is 0 Å². The number of amides is 1. The fourth-order valence-corrected chi connectivity index (χ4v) is 2.70. The van der Waals surface area contributed by atoms with E-state index in [9.17, 15) is 4.79 Å². The largest absolute Gasteiger partial charge is 0.493 e. The summed E-state index contributed by atoms with van der Waals surface area (Å²) in [7, 11) is 4.64. The molecule has 25 heavy (non-hydrogen) atoms. The molecule has 130 valence electrons. The molecule has 3 rings (SSSR count). The second-order valence-corrected chi connectivity index (χ2v) is 5.61. The number of hydrogen-bond acceptors (Lipinski definition) is 4. The molecule has 0 aliphatic carbocycles. The van der Waals surface area contributed by atoms with Crippen molar-refractivity contribution in [2.75, 3.05) is 26.6 Å². The number of H-pyrrole nitrogens is 1. The molecule has 0 aliphatic heterocycles. The molecule has 0 atom stereocenters. The molecule has 2 N–H and O–H groups in total. The number of benzene rings is 2. The van der Waals surface area contributed by atoms with Gasteiger partial charge in [0, 0.05) is 11.1 Å². The van der Waals surface area contributed by atoms with Crippen molar-refractivity contribution in [1.82, 2.24) is 4.98 Å². The second-order valence-electron chi connectivity index (χ2n) is 5.61. The Kier molecular flexibility index (Phi) is 4.52. The lowest BCUT2D eigenvalue weighted by atomic mass is 10.2. The molecule has 3 aromatic rings. The summed E-state index contributed by atoms with van der Waals surface area (Å²) in [6.07, 6.45) is 0. The van der Waals surface area contributed by atoms with Crippen LogP contribution in [0, 0.1) is 6.92 Å². The maximum atomic E-state index is 12.5. The number of hydrogen-bond donors (Lipinski definition) is 2. The van der Waals surface area contributed by atoms with Gasteiger partial charge < -0.3 is 24.5 Å². The average molecular weight is 340 g/mol. The van der Waals surface area contributed by atoms with Crippen LogP contribution in [0.5, 0.6) is 17.2 Å². The molecule has 1 amide bonds. The lowest BCUT2D eigenvalue weighted by Crippen LogP contribution is -2.12. The Morgan fingerprint density at radius 1 is 0.960 bits per heavy atom. The zero-order valence-corrected chi connectivity index (χ0v) is 14.6. The number of aromatic nitrogens is 1. The molecule has 0 bridgehead atoms. The highest BCUT2D eigenvalue weighted by Gasteiger charge is 2.19. The fraction of sp³-hybridized carbons (Fsp3) is 0.211. The normalized spacial score (nSPS) is 10.6. The number of carbonyl (C=O) groups is 1. The van der Waals surface area contributed by atoms with Gasteiger partial charge in [-0.05, 0) is 31.2 Å². The van der Waals surface area contributed by atoms with Crippen molar-refractivity contribution >= 4 is 22.5 Å². The molecular formula is C19H20N2O4. The molecule has 1 heterocycles. The minimum atomic E-state index is -0.236. The Bertz CT molecular complexity index is 913. The van der Waals surface area contributed by atoms with Gasteiger partial charge in [-0.3, -0.25) is 4.79 Å². The van der Waals surface area contributed by atoms with Crippen LogP contribution in [0.2, 0.25) is 0 Å². The van der Waals surface area contributed by atoms with Crippen LogP contribution >= 0.6 is 0 Å². The van der Waals surface area contributed by atoms with Crippen LogP contribution in [0.1, 0.15) is 16.1 Å². The van der Waals surface area contributed by atoms with Crippen molar-refractivity contribution in [3.05, 3.63) is 47.7 Å². The number of fused-ring (bicyclic) bond motifs is 1. The first-order valence-electron chi connectivity index (χ1n) is 7.77. The molecule has 0 saturated carbocycles. The van der Waals surface area contributed by atoms with Gasteiger partial charge in [0.1, 0.15) is 5.69 Å². The number of rotatable bonds is 5. The van der Waals surface area contributed by atoms with Gasteiger partial charge in [0.25, 0.3) is 5.91 Å². The summed E-state index contributed by atoms with van der Waals surface area (Å²) < 4.78 is 16.2. The standard InChI is InChI=1S/C19H20N2O4/c1-11-5-7-13(8-6-11)20-19(22)14-9-12-10-15(23-2)17(24-3)18(25-4)16(12)21-14/h5-10,21H,1-4H3,(H,20,22). The minimum absolute atomic E-state index is 0.236. The van der Waals surface area contributed by atoms with Crippen LogP contribution in [0.4, 0.5) is 5.69 Å². The zero-order valence-electron chi connectivity index (χ0n) is 14.6. The molecule has 6 heteroatoms. The molecule has 0 unspecified atom stereocenters. The van der Waals surface area contributed by atoms with Crippen LogP contribution in [-0.2, 0) is 0 Å². The molecule has 2 aromatic carbocycles. The number of anilines is 1. The van der Waals surface area contributed by atoms with E-state index in [1.165, 1.54) is 0 Å². The first-order chi connectivity index (χ1) is 12.1. The van der Waals surface area contributed by atoms with Gasteiger partial charge in [0.15, 0.2) is 11.5 Å². The lowest BCUT2D eigenvalue weighted by molar-refractivity contribution is 0.102. The molecule has 0 aliphatic rings. The van der Waals surface area contributed by atoms with Crippen LogP contribution in [0.3, 0.4) is 0 Å². The van der Waals surface area contributed by atoms with Crippen molar-refractivity contribution in [2.45, 2.75) is 6.92 Å². The number of nitrogens with one attached hydrogen (secondary N) is 2. The van der Waals surface area contributed by atoms with E-state index >= 15 is 0 Å². The molecule has 6 nitrogen and oxygen atoms in total. The molecule has 1 aromatic heterocycles. The first kappa shape index (κ1) is 16.7. The number of aryl methyl sites for hydroxylation is 1. The molecule has 0 spiro atoms. The highest BCUT2D eigenvalue weighted by molar-refractivity contribution is 6.07. The van der Waals surface area contributed by atoms with Crippen molar-refractivity contribution < 1.29 is 19.0 Å². The molecule has 0 saturated heterocycles. The number of aromatic amines is 1. The zero-order chi connectivity index (χ0) is 18.0. The van der Waals surface area contributed by atoms with Crippen molar-refractivity contribution in [2.24, 2.45) is 0 Å². The van der Waals surface area contributed by atoms with E-state index in [0.717, 1.165) is 16.6 Å². The average Bonchev–Trinajstić information content (AvgIpc) is 3.05. The maximum absolute atomic E-state index is 12.5. The highest BCUT2D eigenvalue weighted by atomic mass is 16.5. The SMILES string of the molecule is COc1cc2cc(C(=O)Nc3ccc(C)cc3)[nH]c2c(OC)c1OC. The Hall–Kier alpha value is -3.15. The van der Waals surface area contributed by atoms with E-state index in [1.54, 1.807) is 33.5 Å². The van der Waals surface area contributed by atoms with Gasteiger partial charge in [-0.25, -0.2) is 0 Å². The van der Waals surface area contributed by atoms with E-state index in [1.807, 2.05) is 31.2 Å². The van der Waals surface area contributed by atoms with E-state index in [2.05, 4.69) is 10.3 Å². The predicted molar refractivity (Wildman–Crippen MR) is 97.1 cm³/mol. The van der Waals surface area contributed by atoms with E-state index in [-0.39, 0.29) is 5.91 Å². The van der Waals surface area contributed by atoms with Crippen LogP contribution in [0.25, 0.3) is 10.9 Å². The Morgan fingerprint density at radius 3 is 2.24 bits per heavy atom. The molecule has 0 fully saturated rings. The smallest absolute Gasteiger partial charge is 0.272 e. The number of methoxy groups -OCH3 is 3. The third-order valence-electron chi connectivity index (χ3n) is 3.97. The number of carbonyl (C=O) groups excluding carboxylic acids is 1.